The highest BCUT2D eigenvalue weighted by molar-refractivity contribution is 6.29. The summed E-state index contributed by atoms with van der Waals surface area (Å²) in [7, 11) is 0. The van der Waals surface area contributed by atoms with E-state index >= 15 is 0 Å². The second-order valence-corrected chi connectivity index (χ2v) is 16.6. The number of hydrogen-bond donors (Lipinski definition) is 0. The summed E-state index contributed by atoms with van der Waals surface area (Å²) < 4.78 is 6.83. The summed E-state index contributed by atoms with van der Waals surface area (Å²) >= 11 is 0. The van der Waals surface area contributed by atoms with Crippen molar-refractivity contribution in [3.05, 3.63) is 246 Å². The molecule has 13 rings (SSSR count). The Bertz CT molecular complexity index is 3400. The molecule has 1 nitrogen and oxygen atoms in total. The highest BCUT2D eigenvalue weighted by atomic mass is 16.5. The fourth-order valence-corrected chi connectivity index (χ4v) is 11.3. The Hall–Kier alpha value is -7.48. The van der Waals surface area contributed by atoms with Crippen LogP contribution in [0, 0.1) is 0 Å². The lowest BCUT2D eigenvalue weighted by molar-refractivity contribution is 0.261. The third-order valence-corrected chi connectivity index (χ3v) is 13.7. The van der Waals surface area contributed by atoms with Crippen LogP contribution < -0.4 is 4.74 Å². The van der Waals surface area contributed by atoms with Crippen LogP contribution in [-0.4, -0.2) is 6.10 Å². The molecule has 1 heteroatoms. The van der Waals surface area contributed by atoms with E-state index in [1.54, 1.807) is 0 Å². The molecule has 0 aromatic heterocycles. The number of hydrogen-bond acceptors (Lipinski definition) is 1. The van der Waals surface area contributed by atoms with Crippen molar-refractivity contribution in [3.63, 3.8) is 0 Å². The number of allylic oxidation sites excluding steroid dienone is 2. The lowest BCUT2D eigenvalue weighted by Crippen LogP contribution is -2.32. The van der Waals surface area contributed by atoms with E-state index in [9.17, 15) is 0 Å². The van der Waals surface area contributed by atoms with Crippen molar-refractivity contribution in [1.82, 2.24) is 0 Å². The summed E-state index contributed by atoms with van der Waals surface area (Å²) in [5, 5.41) is 10.1. The fourth-order valence-electron chi connectivity index (χ4n) is 11.3. The number of ether oxygens (including phenoxy) is 1. The molecule has 2 aliphatic carbocycles. The molecule has 10 aromatic rings. The normalized spacial score (nSPS) is 17.0. The Morgan fingerprint density at radius 1 is 0.433 bits per heavy atom. The van der Waals surface area contributed by atoms with Crippen LogP contribution in [0.2, 0.25) is 0 Å². The van der Waals surface area contributed by atoms with Crippen LogP contribution in [-0.2, 0) is 5.41 Å². The molecule has 0 saturated carbocycles. The predicted octanol–water partition coefficient (Wildman–Crippen LogP) is 15.0. The fraction of sp³-hybridized carbons (Fsp3) is 0.0508. The van der Waals surface area contributed by atoms with E-state index in [1.807, 2.05) is 0 Å². The maximum absolute atomic E-state index is 6.83. The largest absolute Gasteiger partial charge is 0.485 e. The molecule has 0 amide bonds. The van der Waals surface area contributed by atoms with Crippen molar-refractivity contribution in [2.24, 2.45) is 0 Å². The van der Waals surface area contributed by atoms with E-state index in [1.165, 1.54) is 104 Å². The van der Waals surface area contributed by atoms with E-state index in [-0.39, 0.29) is 12.0 Å². The Kier molecular flexibility index (Phi) is 7.12. The molecule has 0 radical (unpaired) electrons. The molecule has 0 bridgehead atoms. The lowest BCUT2D eigenvalue weighted by atomic mass is 9.65. The minimum absolute atomic E-state index is 0.0149. The van der Waals surface area contributed by atoms with Crippen molar-refractivity contribution in [3.8, 4) is 39.1 Å². The lowest BCUT2D eigenvalue weighted by Gasteiger charge is -2.37. The first-order valence-corrected chi connectivity index (χ1v) is 21.1. The smallest absolute Gasteiger partial charge is 0.128 e. The van der Waals surface area contributed by atoms with Gasteiger partial charge in [0.15, 0.2) is 0 Å². The zero-order valence-electron chi connectivity index (χ0n) is 32.8. The van der Waals surface area contributed by atoms with Gasteiger partial charge in [-0.25, -0.2) is 0 Å². The third-order valence-electron chi connectivity index (χ3n) is 13.7. The standard InChI is InChI=1S/C59H38O/c1-3-18-42(19-4-1)59(43-20-5-2-6-21-43)50-27-14-28-52-57(50)58-51(59)35-41(36-53(58)60-52)37-29-31-40(32-30-37)54-47-24-11-12-25-48(47)55(46-26-13-17-38-15-7-9-22-44(38)46)49-34-33-39-16-8-10-23-45(39)56(49)54/h1-36,52,57H. The molecule has 10 aromatic carbocycles. The van der Waals surface area contributed by atoms with Gasteiger partial charge in [0.25, 0.3) is 0 Å². The number of rotatable bonds is 5. The van der Waals surface area contributed by atoms with Crippen molar-refractivity contribution >= 4 is 43.1 Å². The highest BCUT2D eigenvalue weighted by Crippen LogP contribution is 2.65. The van der Waals surface area contributed by atoms with E-state index in [4.69, 9.17) is 4.74 Å². The van der Waals surface area contributed by atoms with Crippen molar-refractivity contribution in [1.29, 1.82) is 0 Å². The summed E-state index contributed by atoms with van der Waals surface area (Å²) in [6.45, 7) is 0. The zero-order chi connectivity index (χ0) is 39.4. The van der Waals surface area contributed by atoms with Gasteiger partial charge in [-0.3, -0.25) is 0 Å². The van der Waals surface area contributed by atoms with Gasteiger partial charge in [0.05, 0.1) is 11.3 Å². The van der Waals surface area contributed by atoms with E-state index in [2.05, 4.69) is 218 Å². The van der Waals surface area contributed by atoms with Crippen molar-refractivity contribution < 1.29 is 4.74 Å². The second kappa shape index (κ2) is 12.8. The first-order valence-electron chi connectivity index (χ1n) is 21.1. The van der Waals surface area contributed by atoms with Gasteiger partial charge >= 0.3 is 0 Å². The molecule has 0 N–H and O–H groups in total. The van der Waals surface area contributed by atoms with Gasteiger partial charge < -0.3 is 4.74 Å². The molecule has 1 aliphatic heterocycles. The third kappa shape index (κ3) is 4.58. The van der Waals surface area contributed by atoms with Crippen LogP contribution in [0.4, 0.5) is 0 Å². The van der Waals surface area contributed by atoms with E-state index < -0.39 is 5.41 Å². The molecule has 2 unspecified atom stereocenters. The van der Waals surface area contributed by atoms with E-state index in [0.717, 1.165) is 5.75 Å². The molecular formula is C59H38O. The molecule has 280 valence electrons. The predicted molar refractivity (Wildman–Crippen MR) is 250 cm³/mol. The quantitative estimate of drug-likeness (QED) is 0.125. The average molecular weight is 763 g/mol. The maximum atomic E-state index is 6.83. The van der Waals surface area contributed by atoms with Gasteiger partial charge in [-0.15, -0.1) is 0 Å². The average Bonchev–Trinajstić information content (AvgIpc) is 3.86. The molecule has 3 aliphatic rings. The van der Waals surface area contributed by atoms with Gasteiger partial charge in [-0.2, -0.15) is 0 Å². The molecule has 0 saturated heterocycles. The summed E-state index contributed by atoms with van der Waals surface area (Å²) in [5.41, 5.74) is 13.6. The Morgan fingerprint density at radius 2 is 1.03 bits per heavy atom. The van der Waals surface area contributed by atoms with Gasteiger partial charge in [0, 0.05) is 5.56 Å². The molecular weight excluding hydrogens is 725 g/mol. The van der Waals surface area contributed by atoms with Crippen LogP contribution in [0.25, 0.3) is 76.5 Å². The molecule has 0 spiro atoms. The summed E-state index contributed by atoms with van der Waals surface area (Å²) in [5.74, 6) is 1.19. The molecule has 2 atom stereocenters. The van der Waals surface area contributed by atoms with Crippen LogP contribution in [0.5, 0.6) is 5.75 Å². The van der Waals surface area contributed by atoms with Crippen LogP contribution >= 0.6 is 0 Å². The van der Waals surface area contributed by atoms with Gasteiger partial charge in [-0.1, -0.05) is 200 Å². The SMILES string of the molecule is C1=CC2Oc3cc(-c4ccc(-c5c6ccccc6c(-c6cccc7ccccc67)c6ccc7ccccc7c56)cc4)cc4c3C2C(=C1)C4(c1ccccc1)c1ccccc1. The first-order chi connectivity index (χ1) is 29.8. The summed E-state index contributed by atoms with van der Waals surface area (Å²) in [4.78, 5) is 0. The topological polar surface area (TPSA) is 9.23 Å². The number of benzene rings is 10. The molecule has 1 heterocycles. The highest BCUT2D eigenvalue weighted by Gasteiger charge is 2.57. The first kappa shape index (κ1) is 33.5. The minimum Gasteiger partial charge on any atom is -0.485 e. The van der Waals surface area contributed by atoms with Crippen molar-refractivity contribution in [2.75, 3.05) is 0 Å². The Balaban J connectivity index is 1.04. The second-order valence-electron chi connectivity index (χ2n) is 16.6. The van der Waals surface area contributed by atoms with Crippen LogP contribution in [0.1, 0.15) is 28.2 Å². The van der Waals surface area contributed by atoms with Crippen LogP contribution in [0.3, 0.4) is 0 Å². The summed E-state index contributed by atoms with van der Waals surface area (Å²) in [6, 6.07) is 74.3. The van der Waals surface area contributed by atoms with Gasteiger partial charge in [0.1, 0.15) is 11.9 Å². The van der Waals surface area contributed by atoms with Gasteiger partial charge in [-0.05, 0) is 117 Å². The van der Waals surface area contributed by atoms with Crippen molar-refractivity contribution in [2.45, 2.75) is 17.4 Å². The molecule has 60 heavy (non-hydrogen) atoms. The Labute approximate surface area is 349 Å². The van der Waals surface area contributed by atoms with Gasteiger partial charge in [0.2, 0.25) is 0 Å². The summed E-state index contributed by atoms with van der Waals surface area (Å²) in [6.07, 6.45) is 6.79. The monoisotopic (exact) mass is 762 g/mol. The molecule has 0 fully saturated rings. The maximum Gasteiger partial charge on any atom is 0.128 e. The zero-order valence-corrected chi connectivity index (χ0v) is 32.8. The van der Waals surface area contributed by atoms with E-state index in [0.29, 0.717) is 0 Å². The Morgan fingerprint density at radius 3 is 1.77 bits per heavy atom. The minimum atomic E-state index is -0.426. The van der Waals surface area contributed by atoms with Crippen LogP contribution in [0.15, 0.2) is 224 Å². The number of fused-ring (bicyclic) bond motifs is 5.